The normalized spacial score (nSPS) is 10.4. The molecule has 0 atom stereocenters. The predicted molar refractivity (Wildman–Crippen MR) is 97.9 cm³/mol. The van der Waals surface area contributed by atoms with Gasteiger partial charge in [0.25, 0.3) is 5.91 Å². The Kier molecular flexibility index (Phi) is 6.51. The highest BCUT2D eigenvalue weighted by Crippen LogP contribution is 2.18. The van der Waals surface area contributed by atoms with Crippen LogP contribution in [0, 0.1) is 5.92 Å². The van der Waals surface area contributed by atoms with E-state index in [1.165, 1.54) is 0 Å². The molecule has 0 bridgehead atoms. The van der Waals surface area contributed by atoms with Crippen LogP contribution in [-0.2, 0) is 4.74 Å². The molecule has 1 aromatic carbocycles. The first-order valence-electron chi connectivity index (χ1n) is 8.28. The Labute approximate surface area is 147 Å². The second-order valence-electron chi connectivity index (χ2n) is 5.92. The number of ether oxygens (including phenoxy) is 1. The molecule has 0 aliphatic rings. The summed E-state index contributed by atoms with van der Waals surface area (Å²) in [6.07, 6.45) is 1.58. The molecule has 2 N–H and O–H groups in total. The van der Waals surface area contributed by atoms with E-state index < -0.39 is 5.97 Å². The van der Waals surface area contributed by atoms with E-state index in [-0.39, 0.29) is 18.2 Å². The number of pyridine rings is 1. The van der Waals surface area contributed by atoms with Gasteiger partial charge in [-0.3, -0.25) is 9.78 Å². The van der Waals surface area contributed by atoms with Crippen LogP contribution in [0.1, 0.15) is 41.6 Å². The average molecular weight is 341 g/mol. The summed E-state index contributed by atoms with van der Waals surface area (Å²) in [7, 11) is 0. The van der Waals surface area contributed by atoms with Crippen molar-refractivity contribution in [1.82, 2.24) is 4.98 Å². The Morgan fingerprint density at radius 1 is 1.20 bits per heavy atom. The molecule has 1 aromatic heterocycles. The summed E-state index contributed by atoms with van der Waals surface area (Å²) in [5.41, 5.74) is 1.81. The molecule has 0 unspecified atom stereocenters. The van der Waals surface area contributed by atoms with Crippen molar-refractivity contribution in [2.75, 3.05) is 23.8 Å². The van der Waals surface area contributed by atoms with Gasteiger partial charge in [-0.15, -0.1) is 0 Å². The Bertz CT molecular complexity index is 744. The van der Waals surface area contributed by atoms with Crippen LogP contribution in [0.5, 0.6) is 0 Å². The Morgan fingerprint density at radius 2 is 1.96 bits per heavy atom. The molecule has 0 spiro atoms. The van der Waals surface area contributed by atoms with Gasteiger partial charge in [0.15, 0.2) is 0 Å². The number of nitrogens with one attached hydrogen (secondary N) is 2. The third kappa shape index (κ3) is 5.31. The number of hydrogen-bond donors (Lipinski definition) is 2. The van der Waals surface area contributed by atoms with Gasteiger partial charge in [-0.05, 0) is 37.1 Å². The first-order chi connectivity index (χ1) is 12.0. The molecule has 2 rings (SSSR count). The van der Waals surface area contributed by atoms with E-state index in [1.54, 1.807) is 43.5 Å². The Hall–Kier alpha value is -2.89. The largest absolute Gasteiger partial charge is 0.462 e. The molecule has 0 fully saturated rings. The van der Waals surface area contributed by atoms with E-state index in [0.29, 0.717) is 17.2 Å². The van der Waals surface area contributed by atoms with Gasteiger partial charge < -0.3 is 15.4 Å². The molecule has 0 aliphatic carbocycles. The molecule has 0 radical (unpaired) electrons. The van der Waals surface area contributed by atoms with Crippen molar-refractivity contribution in [3.63, 3.8) is 0 Å². The summed E-state index contributed by atoms with van der Waals surface area (Å²) < 4.78 is 5.01. The second kappa shape index (κ2) is 8.82. The number of carbonyl (C=O) groups excluding carboxylic acids is 2. The average Bonchev–Trinajstić information content (AvgIpc) is 2.61. The van der Waals surface area contributed by atoms with Gasteiger partial charge >= 0.3 is 5.97 Å². The molecular formula is C19H23N3O3. The van der Waals surface area contributed by atoms with Crippen molar-refractivity contribution in [1.29, 1.82) is 0 Å². The smallest absolute Gasteiger partial charge is 0.340 e. The van der Waals surface area contributed by atoms with Crippen LogP contribution in [-0.4, -0.2) is 30.0 Å². The minimum atomic E-state index is -0.473. The maximum atomic E-state index is 12.5. The molecule has 0 saturated heterocycles. The molecule has 0 saturated carbocycles. The minimum absolute atomic E-state index is 0.270. The lowest BCUT2D eigenvalue weighted by Gasteiger charge is -2.12. The van der Waals surface area contributed by atoms with Crippen molar-refractivity contribution < 1.29 is 14.3 Å². The van der Waals surface area contributed by atoms with Crippen LogP contribution in [0.4, 0.5) is 11.4 Å². The lowest BCUT2D eigenvalue weighted by Crippen LogP contribution is -2.17. The highest BCUT2D eigenvalue weighted by molar-refractivity contribution is 6.07. The minimum Gasteiger partial charge on any atom is -0.462 e. The van der Waals surface area contributed by atoms with Crippen LogP contribution in [0.3, 0.4) is 0 Å². The summed E-state index contributed by atoms with van der Waals surface area (Å²) in [6, 6.07) is 10.2. The maximum Gasteiger partial charge on any atom is 0.340 e. The summed E-state index contributed by atoms with van der Waals surface area (Å²) in [4.78, 5) is 28.6. The van der Waals surface area contributed by atoms with Crippen LogP contribution >= 0.6 is 0 Å². The fourth-order valence-electron chi connectivity index (χ4n) is 2.15. The van der Waals surface area contributed by atoms with Gasteiger partial charge in [-0.1, -0.05) is 26.0 Å². The molecule has 1 heterocycles. The number of aromatic nitrogens is 1. The van der Waals surface area contributed by atoms with Crippen molar-refractivity contribution in [3.05, 3.63) is 53.9 Å². The number of rotatable bonds is 7. The highest BCUT2D eigenvalue weighted by Gasteiger charge is 2.15. The van der Waals surface area contributed by atoms with Gasteiger partial charge in [0, 0.05) is 18.4 Å². The zero-order valence-electron chi connectivity index (χ0n) is 14.7. The quantitative estimate of drug-likeness (QED) is 0.753. The van der Waals surface area contributed by atoms with Crippen LogP contribution in [0.2, 0.25) is 0 Å². The van der Waals surface area contributed by atoms with Gasteiger partial charge in [0.2, 0.25) is 0 Å². The third-order valence-corrected chi connectivity index (χ3v) is 3.38. The monoisotopic (exact) mass is 341 g/mol. The zero-order valence-corrected chi connectivity index (χ0v) is 14.7. The van der Waals surface area contributed by atoms with E-state index in [2.05, 4.69) is 29.5 Å². The number of anilines is 2. The molecule has 1 amide bonds. The summed E-state index contributed by atoms with van der Waals surface area (Å²) in [5.74, 6) is -0.370. The zero-order chi connectivity index (χ0) is 18.2. The Balaban J connectivity index is 2.15. The van der Waals surface area contributed by atoms with Gasteiger partial charge in [0.05, 0.1) is 17.9 Å². The number of esters is 1. The standard InChI is InChI=1S/C19H23N3O3/c1-4-25-19(24)15-7-5-6-8-16(15)22-18(23)17-11-14(9-10-20-17)21-12-13(2)3/h5-11,13H,4,12H2,1-3H3,(H,20,21)(H,22,23). The number of carbonyl (C=O) groups is 2. The molecule has 25 heavy (non-hydrogen) atoms. The first-order valence-corrected chi connectivity index (χ1v) is 8.28. The molecule has 132 valence electrons. The fourth-order valence-corrected chi connectivity index (χ4v) is 2.15. The van der Waals surface area contributed by atoms with Crippen LogP contribution < -0.4 is 10.6 Å². The molecule has 6 heteroatoms. The summed E-state index contributed by atoms with van der Waals surface area (Å²) in [5, 5.41) is 5.98. The van der Waals surface area contributed by atoms with Crippen molar-refractivity contribution in [2.24, 2.45) is 5.92 Å². The highest BCUT2D eigenvalue weighted by atomic mass is 16.5. The van der Waals surface area contributed by atoms with E-state index >= 15 is 0 Å². The molecule has 0 aliphatic heterocycles. The van der Waals surface area contributed by atoms with Crippen molar-refractivity contribution in [3.8, 4) is 0 Å². The summed E-state index contributed by atoms with van der Waals surface area (Å²) >= 11 is 0. The number of nitrogens with zero attached hydrogens (tertiary/aromatic N) is 1. The van der Waals surface area contributed by atoms with Crippen molar-refractivity contribution >= 4 is 23.3 Å². The number of hydrogen-bond acceptors (Lipinski definition) is 5. The van der Waals surface area contributed by atoms with E-state index in [0.717, 1.165) is 12.2 Å². The van der Waals surface area contributed by atoms with Gasteiger partial charge in [0.1, 0.15) is 5.69 Å². The van der Waals surface area contributed by atoms with Crippen molar-refractivity contribution in [2.45, 2.75) is 20.8 Å². The maximum absolute atomic E-state index is 12.5. The van der Waals surface area contributed by atoms with E-state index in [4.69, 9.17) is 4.74 Å². The van der Waals surface area contributed by atoms with E-state index in [1.807, 2.05) is 6.07 Å². The third-order valence-electron chi connectivity index (χ3n) is 3.38. The lowest BCUT2D eigenvalue weighted by atomic mass is 10.1. The molecular weight excluding hydrogens is 318 g/mol. The van der Waals surface area contributed by atoms with Gasteiger partial charge in [-0.25, -0.2) is 4.79 Å². The van der Waals surface area contributed by atoms with Crippen LogP contribution in [0.25, 0.3) is 0 Å². The Morgan fingerprint density at radius 3 is 2.68 bits per heavy atom. The number of para-hydroxylation sites is 1. The molecule has 6 nitrogen and oxygen atoms in total. The van der Waals surface area contributed by atoms with E-state index in [9.17, 15) is 9.59 Å². The second-order valence-corrected chi connectivity index (χ2v) is 5.92. The lowest BCUT2D eigenvalue weighted by molar-refractivity contribution is 0.0527. The molecule has 2 aromatic rings. The first kappa shape index (κ1) is 18.4. The topological polar surface area (TPSA) is 80.3 Å². The number of amides is 1. The van der Waals surface area contributed by atoms with Crippen LogP contribution in [0.15, 0.2) is 42.6 Å². The summed E-state index contributed by atoms with van der Waals surface area (Å²) in [6.45, 7) is 7.02. The SMILES string of the molecule is CCOC(=O)c1ccccc1NC(=O)c1cc(NCC(C)C)ccn1. The number of benzene rings is 1. The predicted octanol–water partition coefficient (Wildman–Crippen LogP) is 3.58. The van der Waals surface area contributed by atoms with Gasteiger partial charge in [-0.2, -0.15) is 0 Å². The fraction of sp³-hybridized carbons (Fsp3) is 0.316.